The number of nitrogens with zero attached hydrogens (tertiary/aromatic N) is 2. The summed E-state index contributed by atoms with van der Waals surface area (Å²) in [6.45, 7) is 2.49. The van der Waals surface area contributed by atoms with Crippen LogP contribution >= 0.6 is 0 Å². The first-order valence-corrected chi connectivity index (χ1v) is 5.04. The predicted molar refractivity (Wildman–Crippen MR) is 56.0 cm³/mol. The summed E-state index contributed by atoms with van der Waals surface area (Å²) in [6.07, 6.45) is 1.94. The average Bonchev–Trinajstić information content (AvgIpc) is 2.85. The Kier molecular flexibility index (Phi) is 2.82. The number of furan rings is 1. The Morgan fingerprint density at radius 1 is 1.47 bits per heavy atom. The van der Waals surface area contributed by atoms with Crippen LogP contribution in [0.25, 0.3) is 11.6 Å². The first kappa shape index (κ1) is 9.92. The van der Waals surface area contributed by atoms with Crippen LogP contribution in [0.4, 0.5) is 0 Å². The molecule has 0 unspecified atom stereocenters. The number of nitrogens with one attached hydrogen (secondary N) is 1. The van der Waals surface area contributed by atoms with E-state index >= 15 is 0 Å². The SMILES string of the molecule is CCCc1nc(-c2ccc(CN)o2)n[nH]1. The molecule has 15 heavy (non-hydrogen) atoms. The van der Waals surface area contributed by atoms with Gasteiger partial charge in [-0.2, -0.15) is 5.10 Å². The molecule has 5 heteroatoms. The molecule has 2 aromatic rings. The zero-order chi connectivity index (χ0) is 10.7. The van der Waals surface area contributed by atoms with Gasteiger partial charge in [-0.1, -0.05) is 6.92 Å². The Bertz CT molecular complexity index is 432. The van der Waals surface area contributed by atoms with E-state index in [1.807, 2.05) is 12.1 Å². The molecule has 0 aromatic carbocycles. The van der Waals surface area contributed by atoms with Crippen LogP contribution in [0.3, 0.4) is 0 Å². The number of nitrogens with two attached hydrogens (primary N) is 1. The molecule has 0 saturated heterocycles. The summed E-state index contributed by atoms with van der Waals surface area (Å²) >= 11 is 0. The third-order valence-corrected chi connectivity index (χ3v) is 2.10. The topological polar surface area (TPSA) is 80.7 Å². The summed E-state index contributed by atoms with van der Waals surface area (Å²) < 4.78 is 5.44. The second-order valence-electron chi connectivity index (χ2n) is 3.33. The number of aromatic amines is 1. The van der Waals surface area contributed by atoms with Gasteiger partial charge in [0.25, 0.3) is 0 Å². The Hall–Kier alpha value is -1.62. The van der Waals surface area contributed by atoms with Crippen molar-refractivity contribution in [2.75, 3.05) is 0 Å². The molecule has 0 fully saturated rings. The fourth-order valence-electron chi connectivity index (χ4n) is 1.36. The maximum absolute atomic E-state index is 5.45. The van der Waals surface area contributed by atoms with Crippen LogP contribution in [0, 0.1) is 0 Å². The van der Waals surface area contributed by atoms with E-state index in [9.17, 15) is 0 Å². The lowest BCUT2D eigenvalue weighted by molar-refractivity contribution is 0.522. The van der Waals surface area contributed by atoms with Crippen molar-refractivity contribution in [1.29, 1.82) is 0 Å². The predicted octanol–water partition coefficient (Wildman–Crippen LogP) is 1.48. The van der Waals surface area contributed by atoms with Crippen LogP contribution in [-0.4, -0.2) is 15.2 Å². The van der Waals surface area contributed by atoms with E-state index in [0.717, 1.165) is 24.4 Å². The van der Waals surface area contributed by atoms with Crippen molar-refractivity contribution >= 4 is 0 Å². The van der Waals surface area contributed by atoms with Gasteiger partial charge < -0.3 is 10.2 Å². The molecule has 2 heterocycles. The van der Waals surface area contributed by atoms with Crippen LogP contribution in [0.2, 0.25) is 0 Å². The molecular weight excluding hydrogens is 192 g/mol. The van der Waals surface area contributed by atoms with Crippen molar-refractivity contribution in [1.82, 2.24) is 15.2 Å². The Morgan fingerprint density at radius 3 is 3.00 bits per heavy atom. The number of aryl methyl sites for hydroxylation is 1. The normalized spacial score (nSPS) is 10.8. The summed E-state index contributed by atoms with van der Waals surface area (Å²) in [5.41, 5.74) is 5.45. The molecule has 0 saturated carbocycles. The van der Waals surface area contributed by atoms with Gasteiger partial charge in [0.2, 0.25) is 5.82 Å². The zero-order valence-corrected chi connectivity index (χ0v) is 8.66. The van der Waals surface area contributed by atoms with Gasteiger partial charge in [-0.15, -0.1) is 0 Å². The first-order valence-electron chi connectivity index (χ1n) is 5.04. The van der Waals surface area contributed by atoms with Crippen molar-refractivity contribution in [2.24, 2.45) is 5.73 Å². The average molecular weight is 206 g/mol. The molecule has 0 spiro atoms. The molecule has 80 valence electrons. The molecule has 2 rings (SSSR count). The fraction of sp³-hybridized carbons (Fsp3) is 0.400. The molecule has 0 aliphatic rings. The number of hydrogen-bond donors (Lipinski definition) is 2. The summed E-state index contributed by atoms with van der Waals surface area (Å²) in [7, 11) is 0. The third kappa shape index (κ3) is 2.07. The standard InChI is InChI=1S/C10H14N4O/c1-2-3-9-12-10(14-13-9)8-5-4-7(6-11)15-8/h4-5H,2-3,6,11H2,1H3,(H,12,13,14). The van der Waals surface area contributed by atoms with Gasteiger partial charge in [0.15, 0.2) is 5.76 Å². The van der Waals surface area contributed by atoms with Gasteiger partial charge in [0, 0.05) is 6.42 Å². The molecule has 2 aromatic heterocycles. The number of H-pyrrole nitrogens is 1. The first-order chi connectivity index (χ1) is 7.33. The minimum Gasteiger partial charge on any atom is -0.456 e. The van der Waals surface area contributed by atoms with E-state index in [1.165, 1.54) is 0 Å². The van der Waals surface area contributed by atoms with Gasteiger partial charge in [-0.05, 0) is 18.6 Å². The van der Waals surface area contributed by atoms with Gasteiger partial charge in [0.05, 0.1) is 6.54 Å². The van der Waals surface area contributed by atoms with E-state index in [1.54, 1.807) is 0 Å². The molecule has 3 N–H and O–H groups in total. The molecule has 5 nitrogen and oxygen atoms in total. The highest BCUT2D eigenvalue weighted by atomic mass is 16.3. The molecule has 0 amide bonds. The minimum absolute atomic E-state index is 0.395. The zero-order valence-electron chi connectivity index (χ0n) is 8.66. The van der Waals surface area contributed by atoms with E-state index < -0.39 is 0 Å². The molecule has 0 bridgehead atoms. The summed E-state index contributed by atoms with van der Waals surface area (Å²) in [5.74, 6) is 2.89. The minimum atomic E-state index is 0.395. The lowest BCUT2D eigenvalue weighted by Crippen LogP contribution is -1.92. The van der Waals surface area contributed by atoms with Crippen molar-refractivity contribution in [3.05, 3.63) is 23.7 Å². The third-order valence-electron chi connectivity index (χ3n) is 2.10. The number of hydrogen-bond acceptors (Lipinski definition) is 4. The van der Waals surface area contributed by atoms with Crippen molar-refractivity contribution in [3.63, 3.8) is 0 Å². The molecule has 0 radical (unpaired) electrons. The number of rotatable bonds is 4. The smallest absolute Gasteiger partial charge is 0.216 e. The van der Waals surface area contributed by atoms with E-state index in [-0.39, 0.29) is 0 Å². The van der Waals surface area contributed by atoms with E-state index in [0.29, 0.717) is 18.1 Å². The van der Waals surface area contributed by atoms with Crippen LogP contribution in [0.1, 0.15) is 24.9 Å². The van der Waals surface area contributed by atoms with E-state index in [4.69, 9.17) is 10.2 Å². The Balaban J connectivity index is 2.21. The molecule has 0 aliphatic carbocycles. The molecule has 0 aliphatic heterocycles. The van der Waals surface area contributed by atoms with Crippen molar-refractivity contribution in [2.45, 2.75) is 26.3 Å². The summed E-state index contributed by atoms with van der Waals surface area (Å²) in [5, 5.41) is 6.96. The van der Waals surface area contributed by atoms with Crippen LogP contribution in [-0.2, 0) is 13.0 Å². The van der Waals surface area contributed by atoms with Crippen LogP contribution < -0.4 is 5.73 Å². The highest BCUT2D eigenvalue weighted by molar-refractivity contribution is 5.46. The maximum Gasteiger partial charge on any atom is 0.216 e. The fourth-order valence-corrected chi connectivity index (χ4v) is 1.36. The Morgan fingerprint density at radius 2 is 2.33 bits per heavy atom. The monoisotopic (exact) mass is 206 g/mol. The lowest BCUT2D eigenvalue weighted by atomic mass is 10.3. The summed E-state index contributed by atoms with van der Waals surface area (Å²) in [6, 6.07) is 3.67. The lowest BCUT2D eigenvalue weighted by Gasteiger charge is -1.88. The summed E-state index contributed by atoms with van der Waals surface area (Å²) in [4.78, 5) is 4.32. The Labute approximate surface area is 87.7 Å². The van der Waals surface area contributed by atoms with Gasteiger partial charge in [-0.25, -0.2) is 4.98 Å². The maximum atomic E-state index is 5.45. The van der Waals surface area contributed by atoms with Crippen molar-refractivity contribution in [3.8, 4) is 11.6 Å². The highest BCUT2D eigenvalue weighted by Crippen LogP contribution is 2.18. The highest BCUT2D eigenvalue weighted by Gasteiger charge is 2.09. The largest absolute Gasteiger partial charge is 0.456 e. The van der Waals surface area contributed by atoms with Crippen molar-refractivity contribution < 1.29 is 4.42 Å². The van der Waals surface area contributed by atoms with Gasteiger partial charge >= 0.3 is 0 Å². The van der Waals surface area contributed by atoms with Gasteiger partial charge in [0.1, 0.15) is 11.6 Å². The second kappa shape index (κ2) is 4.27. The molecule has 0 atom stereocenters. The van der Waals surface area contributed by atoms with Crippen LogP contribution in [0.15, 0.2) is 16.5 Å². The van der Waals surface area contributed by atoms with Crippen LogP contribution in [0.5, 0.6) is 0 Å². The quantitative estimate of drug-likeness (QED) is 0.793. The molecular formula is C10H14N4O. The van der Waals surface area contributed by atoms with Gasteiger partial charge in [-0.3, -0.25) is 5.10 Å². The van der Waals surface area contributed by atoms with E-state index in [2.05, 4.69) is 22.1 Å². The second-order valence-corrected chi connectivity index (χ2v) is 3.33. The number of aromatic nitrogens is 3.